The molecule has 7 heteroatoms. The number of amides is 2. The maximum atomic E-state index is 12.3. The van der Waals surface area contributed by atoms with E-state index in [1.165, 1.54) is 0 Å². The number of rotatable bonds is 9. The summed E-state index contributed by atoms with van der Waals surface area (Å²) in [6, 6.07) is 8.87. The minimum atomic E-state index is -0.263. The third-order valence-electron chi connectivity index (χ3n) is 4.01. The molecular weight excluding hydrogens is 370 g/mol. The quantitative estimate of drug-likeness (QED) is 0.657. The molecule has 1 atom stereocenters. The van der Waals surface area contributed by atoms with Crippen LogP contribution in [0.3, 0.4) is 0 Å². The fourth-order valence-corrected chi connectivity index (χ4v) is 2.64. The number of nitrogens with zero attached hydrogens (tertiary/aromatic N) is 1. The Morgan fingerprint density at radius 3 is 2.31 bits per heavy atom. The molecule has 1 aromatic heterocycles. The Labute approximate surface area is 172 Å². The van der Waals surface area contributed by atoms with Crippen molar-refractivity contribution in [2.75, 3.05) is 7.11 Å². The van der Waals surface area contributed by atoms with Crippen LogP contribution in [0.1, 0.15) is 51.8 Å². The molecule has 0 saturated carbocycles. The Balaban J connectivity index is 1.90. The van der Waals surface area contributed by atoms with Gasteiger partial charge in [-0.05, 0) is 57.9 Å². The van der Waals surface area contributed by atoms with Gasteiger partial charge in [0.1, 0.15) is 0 Å². The average molecular weight is 402 g/mol. The highest BCUT2D eigenvalue weighted by Gasteiger charge is 2.13. The standard InChI is InChI=1S/C22H31N3O4/c1-14(2)28-19-9-8-18(11-20(19)27-6)16(5)25-22(26)24-13-17-7-10-21(23-12-17)29-15(3)4/h7-12,14-16H,13H2,1-6H3,(H2,24,25,26). The SMILES string of the molecule is COc1cc(C(C)NC(=O)NCc2ccc(OC(C)C)nc2)ccc1OC(C)C. The number of carbonyl (C=O) groups excluding carboxylic acids is 1. The van der Waals surface area contributed by atoms with Gasteiger partial charge in [0, 0.05) is 18.8 Å². The number of hydrogen-bond donors (Lipinski definition) is 2. The summed E-state index contributed by atoms with van der Waals surface area (Å²) >= 11 is 0. The lowest BCUT2D eigenvalue weighted by Gasteiger charge is -2.18. The van der Waals surface area contributed by atoms with Gasteiger partial charge in [0.25, 0.3) is 0 Å². The summed E-state index contributed by atoms with van der Waals surface area (Å²) in [6.07, 6.45) is 1.82. The number of urea groups is 1. The van der Waals surface area contributed by atoms with Gasteiger partial charge in [0.2, 0.25) is 5.88 Å². The van der Waals surface area contributed by atoms with Crippen LogP contribution < -0.4 is 24.8 Å². The summed E-state index contributed by atoms with van der Waals surface area (Å²) in [5, 5.41) is 5.76. The fourth-order valence-electron chi connectivity index (χ4n) is 2.64. The van der Waals surface area contributed by atoms with Crippen LogP contribution in [0.25, 0.3) is 0 Å². The monoisotopic (exact) mass is 401 g/mol. The molecule has 0 aliphatic carbocycles. The highest BCUT2D eigenvalue weighted by molar-refractivity contribution is 5.74. The third kappa shape index (κ3) is 7.18. The van der Waals surface area contributed by atoms with Gasteiger partial charge in [-0.3, -0.25) is 0 Å². The lowest BCUT2D eigenvalue weighted by molar-refractivity contribution is 0.230. The highest BCUT2D eigenvalue weighted by atomic mass is 16.5. The van der Waals surface area contributed by atoms with E-state index in [0.717, 1.165) is 11.1 Å². The molecule has 0 bridgehead atoms. The van der Waals surface area contributed by atoms with Crippen LogP contribution in [0.5, 0.6) is 17.4 Å². The van der Waals surface area contributed by atoms with Crippen molar-refractivity contribution in [2.24, 2.45) is 0 Å². The molecule has 2 aromatic rings. The number of benzene rings is 1. The molecule has 7 nitrogen and oxygen atoms in total. The van der Waals surface area contributed by atoms with Crippen molar-refractivity contribution in [2.45, 2.75) is 59.4 Å². The van der Waals surface area contributed by atoms with Crippen LogP contribution in [-0.4, -0.2) is 30.3 Å². The van der Waals surface area contributed by atoms with Crippen molar-refractivity contribution < 1.29 is 19.0 Å². The first kappa shape index (κ1) is 22.3. The third-order valence-corrected chi connectivity index (χ3v) is 4.01. The van der Waals surface area contributed by atoms with E-state index < -0.39 is 0 Å². The summed E-state index contributed by atoms with van der Waals surface area (Å²) in [6.45, 7) is 10.1. The van der Waals surface area contributed by atoms with Gasteiger partial charge < -0.3 is 24.8 Å². The second kappa shape index (κ2) is 10.5. The molecule has 1 unspecified atom stereocenters. The zero-order valence-corrected chi connectivity index (χ0v) is 18.0. The van der Waals surface area contributed by atoms with Crippen molar-refractivity contribution in [3.63, 3.8) is 0 Å². The van der Waals surface area contributed by atoms with Gasteiger partial charge in [0.15, 0.2) is 11.5 Å². The predicted molar refractivity (Wildman–Crippen MR) is 113 cm³/mol. The maximum absolute atomic E-state index is 12.3. The fraction of sp³-hybridized carbons (Fsp3) is 0.455. The second-order valence-corrected chi connectivity index (χ2v) is 7.30. The van der Waals surface area contributed by atoms with E-state index in [-0.39, 0.29) is 24.3 Å². The van der Waals surface area contributed by atoms with Gasteiger partial charge in [-0.25, -0.2) is 9.78 Å². The molecular formula is C22H31N3O4. The molecule has 0 saturated heterocycles. The van der Waals surface area contributed by atoms with Crippen molar-refractivity contribution in [1.82, 2.24) is 15.6 Å². The van der Waals surface area contributed by atoms with Crippen LogP contribution in [-0.2, 0) is 6.54 Å². The Kier molecular flexibility index (Phi) is 8.12. The largest absolute Gasteiger partial charge is 0.493 e. The molecule has 0 radical (unpaired) electrons. The maximum Gasteiger partial charge on any atom is 0.315 e. The van der Waals surface area contributed by atoms with Gasteiger partial charge in [-0.1, -0.05) is 12.1 Å². The number of carbonyl (C=O) groups is 1. The summed E-state index contributed by atoms with van der Waals surface area (Å²) < 4.78 is 16.7. The lowest BCUT2D eigenvalue weighted by Crippen LogP contribution is -2.36. The summed E-state index contributed by atoms with van der Waals surface area (Å²) in [5.74, 6) is 1.89. The van der Waals surface area contributed by atoms with Crippen LogP contribution in [0, 0.1) is 0 Å². The lowest BCUT2D eigenvalue weighted by atomic mass is 10.1. The molecule has 0 aliphatic rings. The molecule has 2 amide bonds. The second-order valence-electron chi connectivity index (χ2n) is 7.30. The zero-order chi connectivity index (χ0) is 21.4. The Bertz CT molecular complexity index is 791. The van der Waals surface area contributed by atoms with Crippen LogP contribution in [0.4, 0.5) is 4.79 Å². The molecule has 29 heavy (non-hydrogen) atoms. The van der Waals surface area contributed by atoms with Gasteiger partial charge in [-0.15, -0.1) is 0 Å². The molecule has 2 N–H and O–H groups in total. The number of nitrogens with one attached hydrogen (secondary N) is 2. The topological polar surface area (TPSA) is 81.7 Å². The Hall–Kier alpha value is -2.96. The van der Waals surface area contributed by atoms with Crippen molar-refractivity contribution in [3.8, 4) is 17.4 Å². The van der Waals surface area contributed by atoms with Crippen LogP contribution in [0.15, 0.2) is 36.5 Å². The van der Waals surface area contributed by atoms with Gasteiger partial charge >= 0.3 is 6.03 Å². The number of pyridine rings is 1. The number of aromatic nitrogens is 1. The first-order valence-electron chi connectivity index (χ1n) is 9.79. The first-order chi connectivity index (χ1) is 13.8. The van der Waals surface area contributed by atoms with E-state index in [1.807, 2.05) is 58.9 Å². The zero-order valence-electron chi connectivity index (χ0n) is 18.0. The number of ether oxygens (including phenoxy) is 3. The number of hydrogen-bond acceptors (Lipinski definition) is 5. The van der Waals surface area contributed by atoms with E-state index in [0.29, 0.717) is 23.9 Å². The first-order valence-corrected chi connectivity index (χ1v) is 9.79. The Morgan fingerprint density at radius 1 is 1.00 bits per heavy atom. The molecule has 0 fully saturated rings. The van der Waals surface area contributed by atoms with Crippen molar-refractivity contribution in [1.29, 1.82) is 0 Å². The highest BCUT2D eigenvalue weighted by Crippen LogP contribution is 2.31. The Morgan fingerprint density at radius 2 is 1.72 bits per heavy atom. The molecule has 1 heterocycles. The average Bonchev–Trinajstić information content (AvgIpc) is 2.66. The smallest absolute Gasteiger partial charge is 0.315 e. The summed E-state index contributed by atoms with van der Waals surface area (Å²) in [5.41, 5.74) is 1.81. The van der Waals surface area contributed by atoms with Crippen molar-refractivity contribution >= 4 is 6.03 Å². The summed E-state index contributed by atoms with van der Waals surface area (Å²) in [7, 11) is 1.60. The van der Waals surface area contributed by atoms with Gasteiger partial charge in [-0.2, -0.15) is 0 Å². The van der Waals surface area contributed by atoms with E-state index in [4.69, 9.17) is 14.2 Å². The molecule has 0 aliphatic heterocycles. The molecule has 2 rings (SSSR count). The normalized spacial score (nSPS) is 11.9. The van der Waals surface area contributed by atoms with Crippen LogP contribution in [0.2, 0.25) is 0 Å². The molecule has 158 valence electrons. The van der Waals surface area contributed by atoms with E-state index in [2.05, 4.69) is 15.6 Å². The van der Waals surface area contributed by atoms with E-state index in [1.54, 1.807) is 19.4 Å². The number of methoxy groups -OCH3 is 1. The summed E-state index contributed by atoms with van der Waals surface area (Å²) in [4.78, 5) is 16.5. The molecule has 0 spiro atoms. The minimum absolute atomic E-state index is 0.0524. The van der Waals surface area contributed by atoms with Crippen molar-refractivity contribution in [3.05, 3.63) is 47.7 Å². The predicted octanol–water partition coefficient (Wildman–Crippen LogP) is 4.23. The van der Waals surface area contributed by atoms with Crippen LogP contribution >= 0.6 is 0 Å². The van der Waals surface area contributed by atoms with E-state index in [9.17, 15) is 4.79 Å². The molecule has 1 aromatic carbocycles. The minimum Gasteiger partial charge on any atom is -0.493 e. The van der Waals surface area contributed by atoms with E-state index >= 15 is 0 Å². The van der Waals surface area contributed by atoms with Gasteiger partial charge in [0.05, 0.1) is 25.4 Å².